The zero-order valence-corrected chi connectivity index (χ0v) is 13.1. The van der Waals surface area contributed by atoms with Crippen LogP contribution >= 0.6 is 0 Å². The van der Waals surface area contributed by atoms with Crippen LogP contribution in [0.2, 0.25) is 0 Å². The molecule has 19 heavy (non-hydrogen) atoms. The van der Waals surface area contributed by atoms with Crippen molar-refractivity contribution >= 4 is 0 Å². The normalized spacial score (nSPS) is 27.3. The van der Waals surface area contributed by atoms with Gasteiger partial charge in [0.15, 0.2) is 0 Å². The second kappa shape index (κ2) is 7.05. The van der Waals surface area contributed by atoms with Crippen molar-refractivity contribution < 1.29 is 4.74 Å². The van der Waals surface area contributed by atoms with Gasteiger partial charge in [-0.25, -0.2) is 0 Å². The second-order valence-corrected chi connectivity index (χ2v) is 6.86. The number of ether oxygens (including phenoxy) is 1. The summed E-state index contributed by atoms with van der Waals surface area (Å²) in [5.74, 6) is 0.867. The van der Waals surface area contributed by atoms with Crippen LogP contribution in [0.5, 0.6) is 0 Å². The van der Waals surface area contributed by atoms with Crippen LogP contribution < -0.4 is 5.32 Å². The first-order chi connectivity index (χ1) is 9.13. The Labute approximate surface area is 119 Å². The van der Waals surface area contributed by atoms with Gasteiger partial charge in [0.1, 0.15) is 0 Å². The lowest BCUT2D eigenvalue weighted by Crippen LogP contribution is -2.46. The highest BCUT2D eigenvalue weighted by Crippen LogP contribution is 2.29. The summed E-state index contributed by atoms with van der Waals surface area (Å²) in [7, 11) is 0. The molecule has 0 aliphatic carbocycles. The quantitative estimate of drug-likeness (QED) is 0.829. The molecule has 3 nitrogen and oxygen atoms in total. The monoisotopic (exact) mass is 268 g/mol. The van der Waals surface area contributed by atoms with Crippen LogP contribution in [0.25, 0.3) is 0 Å². The maximum atomic E-state index is 5.48. The van der Waals surface area contributed by atoms with E-state index in [1.807, 2.05) is 0 Å². The van der Waals surface area contributed by atoms with Gasteiger partial charge in [-0.3, -0.25) is 0 Å². The van der Waals surface area contributed by atoms with E-state index in [1.165, 1.54) is 45.3 Å². The number of hydrogen-bond donors (Lipinski definition) is 1. The van der Waals surface area contributed by atoms with Gasteiger partial charge in [0, 0.05) is 25.8 Å². The Morgan fingerprint density at radius 3 is 2.47 bits per heavy atom. The molecule has 0 radical (unpaired) electrons. The number of rotatable bonds is 5. The smallest absolute Gasteiger partial charge is 0.0471 e. The molecule has 0 spiro atoms. The number of likely N-dealkylation sites (tertiary alicyclic amines) is 1. The zero-order valence-electron chi connectivity index (χ0n) is 13.1. The van der Waals surface area contributed by atoms with Gasteiger partial charge in [0.25, 0.3) is 0 Å². The van der Waals surface area contributed by atoms with Crippen LogP contribution in [0.15, 0.2) is 0 Å². The molecule has 0 saturated carbocycles. The third kappa shape index (κ3) is 4.44. The molecule has 3 heteroatoms. The van der Waals surface area contributed by atoms with Crippen molar-refractivity contribution in [2.45, 2.75) is 52.5 Å². The highest BCUT2D eigenvalue weighted by atomic mass is 16.5. The molecule has 2 aliphatic rings. The Hall–Kier alpha value is -0.120. The van der Waals surface area contributed by atoms with E-state index in [0.29, 0.717) is 11.5 Å². The van der Waals surface area contributed by atoms with Gasteiger partial charge < -0.3 is 15.0 Å². The SMILES string of the molecule is CCN1CCC(C(C)NCC2(C)CCOCC2)CC1. The van der Waals surface area contributed by atoms with Crippen molar-refractivity contribution in [3.8, 4) is 0 Å². The van der Waals surface area contributed by atoms with E-state index in [1.54, 1.807) is 0 Å². The lowest BCUT2D eigenvalue weighted by molar-refractivity contribution is 0.0215. The highest BCUT2D eigenvalue weighted by Gasteiger charge is 2.29. The molecule has 2 fully saturated rings. The van der Waals surface area contributed by atoms with Gasteiger partial charge in [-0.2, -0.15) is 0 Å². The fraction of sp³-hybridized carbons (Fsp3) is 1.00. The Morgan fingerprint density at radius 2 is 1.89 bits per heavy atom. The molecule has 2 aliphatic heterocycles. The molecule has 0 aromatic heterocycles. The minimum Gasteiger partial charge on any atom is -0.381 e. The maximum Gasteiger partial charge on any atom is 0.0471 e. The molecular weight excluding hydrogens is 236 g/mol. The molecule has 0 amide bonds. The van der Waals surface area contributed by atoms with Gasteiger partial charge in [0.05, 0.1) is 0 Å². The van der Waals surface area contributed by atoms with Gasteiger partial charge in [-0.05, 0) is 63.6 Å². The van der Waals surface area contributed by atoms with E-state index in [4.69, 9.17) is 4.74 Å². The molecule has 0 aromatic rings. The van der Waals surface area contributed by atoms with E-state index in [9.17, 15) is 0 Å². The van der Waals surface area contributed by atoms with Crippen LogP contribution in [0.3, 0.4) is 0 Å². The predicted octanol–water partition coefficient (Wildman–Crippen LogP) is 2.51. The Bertz CT molecular complexity index is 255. The molecule has 1 unspecified atom stereocenters. The lowest BCUT2D eigenvalue weighted by Gasteiger charge is -2.38. The van der Waals surface area contributed by atoms with Gasteiger partial charge in [-0.15, -0.1) is 0 Å². The standard InChI is InChI=1S/C16H32N2O/c1-4-18-9-5-15(6-10-18)14(2)17-13-16(3)7-11-19-12-8-16/h14-15,17H,4-13H2,1-3H3. The number of nitrogens with zero attached hydrogens (tertiary/aromatic N) is 1. The van der Waals surface area contributed by atoms with Gasteiger partial charge in [-0.1, -0.05) is 13.8 Å². The predicted molar refractivity (Wildman–Crippen MR) is 80.5 cm³/mol. The fourth-order valence-electron chi connectivity index (χ4n) is 3.38. The topological polar surface area (TPSA) is 24.5 Å². The van der Waals surface area contributed by atoms with Crippen LogP contribution in [-0.2, 0) is 4.74 Å². The van der Waals surface area contributed by atoms with Crippen molar-refractivity contribution in [3.05, 3.63) is 0 Å². The Kier molecular flexibility index (Phi) is 5.67. The Balaban J connectivity index is 1.70. The summed E-state index contributed by atoms with van der Waals surface area (Å²) in [6.07, 6.45) is 5.14. The molecule has 112 valence electrons. The van der Waals surface area contributed by atoms with Crippen molar-refractivity contribution in [2.75, 3.05) is 39.4 Å². The molecule has 0 bridgehead atoms. The molecule has 2 saturated heterocycles. The molecule has 2 rings (SSSR count). The van der Waals surface area contributed by atoms with E-state index in [-0.39, 0.29) is 0 Å². The summed E-state index contributed by atoms with van der Waals surface area (Å²) in [4.78, 5) is 2.57. The lowest BCUT2D eigenvalue weighted by atomic mass is 9.81. The third-order valence-corrected chi connectivity index (χ3v) is 5.34. The molecule has 0 aromatic carbocycles. The molecule has 1 N–H and O–H groups in total. The molecule has 1 atom stereocenters. The maximum absolute atomic E-state index is 5.48. The fourth-order valence-corrected chi connectivity index (χ4v) is 3.38. The first-order valence-electron chi connectivity index (χ1n) is 8.16. The first-order valence-corrected chi connectivity index (χ1v) is 8.16. The van der Waals surface area contributed by atoms with E-state index in [0.717, 1.165) is 25.7 Å². The summed E-state index contributed by atoms with van der Waals surface area (Å²) >= 11 is 0. The summed E-state index contributed by atoms with van der Waals surface area (Å²) in [5, 5.41) is 3.82. The summed E-state index contributed by atoms with van der Waals surface area (Å²) < 4.78 is 5.48. The first kappa shape index (κ1) is 15.3. The molecular formula is C16H32N2O. The average molecular weight is 268 g/mol. The summed E-state index contributed by atoms with van der Waals surface area (Å²) in [5.41, 5.74) is 0.455. The van der Waals surface area contributed by atoms with Crippen molar-refractivity contribution in [1.82, 2.24) is 10.2 Å². The van der Waals surface area contributed by atoms with Crippen LogP contribution in [-0.4, -0.2) is 50.3 Å². The van der Waals surface area contributed by atoms with Gasteiger partial charge >= 0.3 is 0 Å². The highest BCUT2D eigenvalue weighted by molar-refractivity contribution is 4.84. The van der Waals surface area contributed by atoms with E-state index in [2.05, 4.69) is 31.0 Å². The van der Waals surface area contributed by atoms with Crippen molar-refractivity contribution in [3.63, 3.8) is 0 Å². The number of piperidine rings is 1. The minimum atomic E-state index is 0.455. The van der Waals surface area contributed by atoms with E-state index >= 15 is 0 Å². The van der Waals surface area contributed by atoms with Crippen LogP contribution in [0.1, 0.15) is 46.5 Å². The largest absolute Gasteiger partial charge is 0.381 e. The Morgan fingerprint density at radius 1 is 1.26 bits per heavy atom. The summed E-state index contributed by atoms with van der Waals surface area (Å²) in [6, 6.07) is 0.665. The average Bonchev–Trinajstić information content (AvgIpc) is 2.46. The second-order valence-electron chi connectivity index (χ2n) is 6.86. The van der Waals surface area contributed by atoms with Crippen molar-refractivity contribution in [1.29, 1.82) is 0 Å². The van der Waals surface area contributed by atoms with Gasteiger partial charge in [0.2, 0.25) is 0 Å². The van der Waals surface area contributed by atoms with Crippen molar-refractivity contribution in [2.24, 2.45) is 11.3 Å². The number of hydrogen-bond acceptors (Lipinski definition) is 3. The summed E-state index contributed by atoms with van der Waals surface area (Å²) in [6.45, 7) is 13.9. The third-order valence-electron chi connectivity index (χ3n) is 5.34. The van der Waals surface area contributed by atoms with Crippen LogP contribution in [0.4, 0.5) is 0 Å². The minimum absolute atomic E-state index is 0.455. The van der Waals surface area contributed by atoms with E-state index < -0.39 is 0 Å². The zero-order chi connectivity index (χ0) is 13.7. The molecule has 2 heterocycles. The number of nitrogens with one attached hydrogen (secondary N) is 1. The van der Waals surface area contributed by atoms with Crippen LogP contribution in [0, 0.1) is 11.3 Å².